The molecule has 0 aliphatic heterocycles. The molecular formula is C24H17ClN4O. The Morgan fingerprint density at radius 3 is 2.53 bits per heavy atom. The first kappa shape index (κ1) is 18.2. The molecule has 0 atom stereocenters. The largest absolute Gasteiger partial charge is 0.454 e. The van der Waals surface area contributed by atoms with E-state index in [1.807, 2.05) is 95.8 Å². The van der Waals surface area contributed by atoms with Crippen LogP contribution in [0.2, 0.25) is 5.02 Å². The summed E-state index contributed by atoms with van der Waals surface area (Å²) in [4.78, 5) is 0. The maximum Gasteiger partial charge on any atom is 0.156 e. The Bertz CT molecular complexity index is 1300. The van der Waals surface area contributed by atoms with Crippen LogP contribution < -0.4 is 5.43 Å². The van der Waals surface area contributed by atoms with E-state index in [4.69, 9.17) is 21.1 Å². The number of furan rings is 1. The number of anilines is 1. The zero-order valence-electron chi connectivity index (χ0n) is 15.9. The highest BCUT2D eigenvalue weighted by Crippen LogP contribution is 2.29. The Morgan fingerprint density at radius 1 is 0.933 bits per heavy atom. The lowest BCUT2D eigenvalue weighted by molar-refractivity contribution is 0.627. The Balaban J connectivity index is 1.55. The van der Waals surface area contributed by atoms with E-state index < -0.39 is 0 Å². The SMILES string of the molecule is Clc1ccccc1NN=Cc1cn(-c2ccccc2)nc1-c1cc2ccccc2o1. The monoisotopic (exact) mass is 412 g/mol. The summed E-state index contributed by atoms with van der Waals surface area (Å²) in [5.74, 6) is 0.685. The lowest BCUT2D eigenvalue weighted by Gasteiger charge is -2.01. The Kier molecular flexibility index (Phi) is 4.79. The van der Waals surface area contributed by atoms with Gasteiger partial charge in [0.1, 0.15) is 11.3 Å². The van der Waals surface area contributed by atoms with Gasteiger partial charge in [0, 0.05) is 17.1 Å². The fourth-order valence-electron chi connectivity index (χ4n) is 3.21. The topological polar surface area (TPSA) is 55.4 Å². The van der Waals surface area contributed by atoms with Crippen molar-refractivity contribution in [1.29, 1.82) is 0 Å². The van der Waals surface area contributed by atoms with Crippen molar-refractivity contribution >= 4 is 34.5 Å². The van der Waals surface area contributed by atoms with Gasteiger partial charge in [-0.3, -0.25) is 5.43 Å². The van der Waals surface area contributed by atoms with Crippen molar-refractivity contribution in [2.45, 2.75) is 0 Å². The van der Waals surface area contributed by atoms with Crippen LogP contribution in [0.5, 0.6) is 0 Å². The van der Waals surface area contributed by atoms with Gasteiger partial charge in [0.2, 0.25) is 0 Å². The number of hydrogen-bond donors (Lipinski definition) is 1. The van der Waals surface area contributed by atoms with E-state index in [2.05, 4.69) is 10.5 Å². The maximum absolute atomic E-state index is 6.19. The van der Waals surface area contributed by atoms with Crippen LogP contribution in [-0.4, -0.2) is 16.0 Å². The molecule has 0 aliphatic rings. The van der Waals surface area contributed by atoms with Crippen LogP contribution >= 0.6 is 11.6 Å². The summed E-state index contributed by atoms with van der Waals surface area (Å²) in [7, 11) is 0. The summed E-state index contributed by atoms with van der Waals surface area (Å²) in [5.41, 5.74) is 7.01. The number of halogens is 1. The van der Waals surface area contributed by atoms with Gasteiger partial charge in [-0.2, -0.15) is 10.2 Å². The van der Waals surface area contributed by atoms with E-state index in [1.54, 1.807) is 6.21 Å². The number of nitrogens with zero attached hydrogens (tertiary/aromatic N) is 3. The number of fused-ring (bicyclic) bond motifs is 1. The molecule has 2 heterocycles. The molecule has 3 aromatic carbocycles. The molecule has 0 amide bonds. The van der Waals surface area contributed by atoms with E-state index >= 15 is 0 Å². The summed E-state index contributed by atoms with van der Waals surface area (Å²) in [6, 6.07) is 27.3. The smallest absolute Gasteiger partial charge is 0.156 e. The van der Waals surface area contributed by atoms with Crippen LogP contribution in [0.25, 0.3) is 28.1 Å². The van der Waals surface area contributed by atoms with Gasteiger partial charge >= 0.3 is 0 Å². The summed E-state index contributed by atoms with van der Waals surface area (Å²) < 4.78 is 7.87. The van der Waals surface area contributed by atoms with Gasteiger partial charge in [-0.05, 0) is 36.4 Å². The van der Waals surface area contributed by atoms with Gasteiger partial charge in [0.15, 0.2) is 5.76 Å². The standard InChI is InChI=1S/C24H17ClN4O/c25-20-11-5-6-12-21(20)27-26-15-18-16-29(19-9-2-1-3-10-19)28-24(18)23-14-17-8-4-7-13-22(17)30-23/h1-16,27H. The van der Waals surface area contributed by atoms with Crippen LogP contribution in [0.1, 0.15) is 5.56 Å². The molecule has 0 radical (unpaired) electrons. The number of nitrogens with one attached hydrogen (secondary N) is 1. The van der Waals surface area contributed by atoms with E-state index in [0.29, 0.717) is 16.5 Å². The minimum absolute atomic E-state index is 0.604. The number of benzene rings is 3. The number of hydrazone groups is 1. The summed E-state index contributed by atoms with van der Waals surface area (Å²) in [5, 5.41) is 10.8. The summed E-state index contributed by atoms with van der Waals surface area (Å²) in [6.07, 6.45) is 3.65. The second-order valence-corrected chi connectivity index (χ2v) is 7.12. The summed E-state index contributed by atoms with van der Waals surface area (Å²) >= 11 is 6.19. The lowest BCUT2D eigenvalue weighted by atomic mass is 10.2. The third-order valence-electron chi connectivity index (χ3n) is 4.68. The molecule has 1 N–H and O–H groups in total. The van der Waals surface area contributed by atoms with Crippen LogP contribution in [0, 0.1) is 0 Å². The normalized spacial score (nSPS) is 11.4. The van der Waals surface area contributed by atoms with E-state index in [-0.39, 0.29) is 0 Å². The molecule has 0 fully saturated rings. The summed E-state index contributed by atoms with van der Waals surface area (Å²) in [6.45, 7) is 0. The predicted molar refractivity (Wildman–Crippen MR) is 121 cm³/mol. The van der Waals surface area contributed by atoms with Crippen molar-refractivity contribution in [3.63, 3.8) is 0 Å². The zero-order valence-corrected chi connectivity index (χ0v) is 16.6. The Hall–Kier alpha value is -3.83. The molecule has 5 aromatic rings. The quantitative estimate of drug-likeness (QED) is 0.269. The second-order valence-electron chi connectivity index (χ2n) is 6.71. The van der Waals surface area contributed by atoms with Crippen molar-refractivity contribution in [1.82, 2.24) is 9.78 Å². The van der Waals surface area contributed by atoms with Gasteiger partial charge in [0.25, 0.3) is 0 Å². The zero-order chi connectivity index (χ0) is 20.3. The lowest BCUT2D eigenvalue weighted by Crippen LogP contribution is -1.93. The highest BCUT2D eigenvalue weighted by Gasteiger charge is 2.15. The van der Waals surface area contributed by atoms with Gasteiger partial charge < -0.3 is 4.42 Å². The van der Waals surface area contributed by atoms with Crippen molar-refractivity contribution in [3.8, 4) is 17.1 Å². The average Bonchev–Trinajstić information content (AvgIpc) is 3.40. The maximum atomic E-state index is 6.19. The number of rotatable bonds is 5. The van der Waals surface area contributed by atoms with E-state index in [1.165, 1.54) is 0 Å². The van der Waals surface area contributed by atoms with Crippen molar-refractivity contribution in [3.05, 3.63) is 102 Å². The van der Waals surface area contributed by atoms with Crippen LogP contribution in [0.15, 0.2) is 101 Å². The first-order valence-electron chi connectivity index (χ1n) is 9.45. The molecule has 0 aliphatic carbocycles. The molecule has 0 unspecified atom stereocenters. The molecule has 0 spiro atoms. The Labute approximate surface area is 178 Å². The molecule has 0 bridgehead atoms. The average molecular weight is 413 g/mol. The number of para-hydroxylation sites is 3. The minimum Gasteiger partial charge on any atom is -0.454 e. The fraction of sp³-hybridized carbons (Fsp3) is 0. The molecule has 0 saturated carbocycles. The highest BCUT2D eigenvalue weighted by atomic mass is 35.5. The molecule has 5 nitrogen and oxygen atoms in total. The van der Waals surface area contributed by atoms with Crippen LogP contribution in [0.3, 0.4) is 0 Å². The molecule has 2 aromatic heterocycles. The van der Waals surface area contributed by atoms with Gasteiger partial charge in [-0.25, -0.2) is 4.68 Å². The van der Waals surface area contributed by atoms with Crippen LogP contribution in [0.4, 0.5) is 5.69 Å². The van der Waals surface area contributed by atoms with Gasteiger partial charge in [0.05, 0.1) is 22.6 Å². The van der Waals surface area contributed by atoms with Crippen molar-refractivity contribution in [2.75, 3.05) is 5.43 Å². The molecule has 6 heteroatoms. The third-order valence-corrected chi connectivity index (χ3v) is 5.01. The molecule has 5 rings (SSSR count). The van der Waals surface area contributed by atoms with E-state index in [9.17, 15) is 0 Å². The van der Waals surface area contributed by atoms with Crippen molar-refractivity contribution in [2.24, 2.45) is 5.10 Å². The van der Waals surface area contributed by atoms with Crippen molar-refractivity contribution < 1.29 is 4.42 Å². The number of aromatic nitrogens is 2. The van der Waals surface area contributed by atoms with Crippen LogP contribution in [-0.2, 0) is 0 Å². The second kappa shape index (κ2) is 7.89. The Morgan fingerprint density at radius 2 is 1.70 bits per heavy atom. The molecular weight excluding hydrogens is 396 g/mol. The molecule has 146 valence electrons. The van der Waals surface area contributed by atoms with E-state index in [0.717, 1.165) is 27.9 Å². The first-order valence-corrected chi connectivity index (χ1v) is 9.83. The fourth-order valence-corrected chi connectivity index (χ4v) is 3.39. The first-order chi connectivity index (χ1) is 14.8. The van der Waals surface area contributed by atoms with Gasteiger partial charge in [-0.1, -0.05) is 60.1 Å². The third kappa shape index (κ3) is 3.58. The van der Waals surface area contributed by atoms with Gasteiger partial charge in [-0.15, -0.1) is 0 Å². The molecule has 0 saturated heterocycles. The highest BCUT2D eigenvalue weighted by molar-refractivity contribution is 6.33. The predicted octanol–water partition coefficient (Wildman–Crippen LogP) is 6.38. The minimum atomic E-state index is 0.604. The molecule has 30 heavy (non-hydrogen) atoms. The number of hydrogen-bond acceptors (Lipinski definition) is 4.